The molecule has 6 heterocycles. The van der Waals surface area contributed by atoms with Crippen molar-refractivity contribution in [3.05, 3.63) is 153 Å². The number of anilines is 2. The molecule has 0 spiro atoms. The number of piperidine rings is 1. The van der Waals surface area contributed by atoms with Crippen LogP contribution < -0.4 is 9.64 Å². The van der Waals surface area contributed by atoms with E-state index in [1.807, 2.05) is 60.7 Å². The van der Waals surface area contributed by atoms with Gasteiger partial charge in [-0.25, -0.2) is 8.78 Å². The Hall–Kier alpha value is -7.32. The molecule has 4 aliphatic rings. The van der Waals surface area contributed by atoms with E-state index in [0.29, 0.717) is 96.5 Å². The molecular weight excluding hydrogens is 955 g/mol. The van der Waals surface area contributed by atoms with Gasteiger partial charge in [0.1, 0.15) is 29.9 Å². The van der Waals surface area contributed by atoms with Crippen molar-refractivity contribution >= 4 is 29.1 Å². The summed E-state index contributed by atoms with van der Waals surface area (Å²) in [5.41, 5.74) is 8.74. The number of rotatable bonds is 13. The number of halogens is 2. The first kappa shape index (κ1) is 51.2. The number of fused-ring (bicyclic) bond motifs is 2. The lowest BCUT2D eigenvalue weighted by Crippen LogP contribution is -2.51. The van der Waals surface area contributed by atoms with Gasteiger partial charge in [0.15, 0.2) is 11.6 Å². The third-order valence-corrected chi connectivity index (χ3v) is 15.9. The van der Waals surface area contributed by atoms with Gasteiger partial charge in [-0.05, 0) is 129 Å². The van der Waals surface area contributed by atoms with Crippen LogP contribution in [0, 0.1) is 36.8 Å². The summed E-state index contributed by atoms with van der Waals surface area (Å²) in [6.45, 7) is 10.7. The molecule has 3 amide bonds. The zero-order chi connectivity index (χ0) is 52.5. The number of aromatic hydroxyl groups is 1. The molecule has 0 aliphatic carbocycles. The Morgan fingerprint density at radius 1 is 0.787 bits per heavy atom. The van der Waals surface area contributed by atoms with Crippen molar-refractivity contribution in [3.63, 3.8) is 0 Å². The minimum Gasteiger partial charge on any atom is -0.508 e. The van der Waals surface area contributed by atoms with Crippen molar-refractivity contribution in [3.8, 4) is 28.8 Å². The minimum absolute atomic E-state index is 0.0371. The fourth-order valence-corrected chi connectivity index (χ4v) is 11.3. The third kappa shape index (κ3) is 10.5. The summed E-state index contributed by atoms with van der Waals surface area (Å²) >= 11 is 0. The fraction of sp³-hybridized carbons (Fsp3) is 0.390. The molecule has 14 nitrogen and oxygen atoms in total. The maximum absolute atomic E-state index is 15.8. The number of phenolic OH excluding ortho intramolecular Hbond substituents is 1. The Bertz CT molecular complexity index is 3180. The van der Waals surface area contributed by atoms with Crippen molar-refractivity contribution in [2.45, 2.75) is 71.5 Å². The van der Waals surface area contributed by atoms with E-state index in [9.17, 15) is 15.2 Å². The van der Waals surface area contributed by atoms with E-state index in [-0.39, 0.29) is 60.4 Å². The Morgan fingerprint density at radius 2 is 1.53 bits per heavy atom. The molecule has 1 N–H and O–H groups in total. The molecule has 4 aliphatic heterocycles. The number of benzene rings is 4. The van der Waals surface area contributed by atoms with Crippen LogP contribution in [0.2, 0.25) is 0 Å². The Kier molecular flexibility index (Phi) is 14.9. The summed E-state index contributed by atoms with van der Waals surface area (Å²) in [6, 6.07) is 26.2. The van der Waals surface area contributed by atoms with Crippen LogP contribution in [-0.4, -0.2) is 123 Å². The number of amides is 3. The van der Waals surface area contributed by atoms with E-state index < -0.39 is 11.6 Å². The van der Waals surface area contributed by atoms with Crippen molar-refractivity contribution in [1.82, 2.24) is 28.7 Å². The molecule has 2 aromatic heterocycles. The van der Waals surface area contributed by atoms with E-state index in [1.54, 1.807) is 39.6 Å². The zero-order valence-corrected chi connectivity index (χ0v) is 43.2. The fourth-order valence-electron chi connectivity index (χ4n) is 11.3. The quantitative estimate of drug-likeness (QED) is 0.121. The number of carbonyl (C=O) groups is 3. The second-order valence-electron chi connectivity index (χ2n) is 20.4. The molecule has 6 aromatic rings. The number of nitrogens with zero attached hydrogens (tertiary/aromatic N) is 8. The lowest BCUT2D eigenvalue weighted by Gasteiger charge is -2.41. The lowest BCUT2D eigenvalue weighted by molar-refractivity contribution is -0.131. The average molecular weight is 1020 g/mol. The maximum atomic E-state index is 15.8. The maximum Gasteiger partial charge on any atom is 0.264 e. The molecule has 0 radical (unpaired) electrons. The summed E-state index contributed by atoms with van der Waals surface area (Å²) in [7, 11) is 3.65. The van der Waals surface area contributed by atoms with E-state index in [0.717, 1.165) is 74.4 Å². The highest BCUT2D eigenvalue weighted by molar-refractivity contribution is 6.13. The van der Waals surface area contributed by atoms with Crippen molar-refractivity contribution in [2.24, 2.45) is 14.1 Å². The predicted octanol–water partition coefficient (Wildman–Crippen LogP) is 8.37. The summed E-state index contributed by atoms with van der Waals surface area (Å²) in [5.74, 6) is -2.54. The largest absolute Gasteiger partial charge is 0.508 e. The Balaban J connectivity index is 0.998. The highest BCUT2D eigenvalue weighted by Gasteiger charge is 2.36. The van der Waals surface area contributed by atoms with Gasteiger partial charge < -0.3 is 38.4 Å². The van der Waals surface area contributed by atoms with E-state index >= 15 is 18.4 Å². The van der Waals surface area contributed by atoms with Crippen LogP contribution in [0.1, 0.15) is 84.9 Å². The Morgan fingerprint density at radius 3 is 2.27 bits per heavy atom. The highest BCUT2D eigenvalue weighted by Crippen LogP contribution is 2.39. The first-order chi connectivity index (χ1) is 36.3. The number of ether oxygens (including phenoxy) is 2. The average Bonchev–Trinajstić information content (AvgIpc) is 3.88. The smallest absolute Gasteiger partial charge is 0.264 e. The van der Waals surface area contributed by atoms with Gasteiger partial charge in [-0.2, -0.15) is 5.26 Å². The van der Waals surface area contributed by atoms with Crippen molar-refractivity contribution in [2.75, 3.05) is 70.5 Å². The van der Waals surface area contributed by atoms with Crippen LogP contribution in [-0.2, 0) is 56.0 Å². The first-order valence-corrected chi connectivity index (χ1v) is 26.1. The van der Waals surface area contributed by atoms with Gasteiger partial charge in [0.2, 0.25) is 5.91 Å². The minimum atomic E-state index is -0.739. The zero-order valence-electron chi connectivity index (χ0n) is 43.2. The molecule has 2 fully saturated rings. The van der Waals surface area contributed by atoms with Crippen LogP contribution in [0.15, 0.2) is 84.9 Å². The molecule has 2 saturated heterocycles. The number of hydrogen-bond acceptors (Lipinski definition) is 9. The first-order valence-electron chi connectivity index (χ1n) is 26.1. The molecule has 0 unspecified atom stereocenters. The number of carbonyl (C=O) groups excluding carboxylic acids is 3. The van der Waals surface area contributed by atoms with Crippen LogP contribution in [0.4, 0.5) is 20.2 Å². The molecular formula is C59H64F2N8O6. The topological polar surface area (TPSA) is 140 Å². The van der Waals surface area contributed by atoms with Gasteiger partial charge in [-0.3, -0.25) is 24.2 Å². The summed E-state index contributed by atoms with van der Waals surface area (Å²) < 4.78 is 45.7. The predicted molar refractivity (Wildman–Crippen MR) is 281 cm³/mol. The molecule has 0 bridgehead atoms. The molecule has 0 saturated carbocycles. The number of nitriles is 1. The Labute approximate surface area is 436 Å². The van der Waals surface area contributed by atoms with E-state index in [2.05, 4.69) is 28.0 Å². The van der Waals surface area contributed by atoms with Gasteiger partial charge in [-0.1, -0.05) is 30.7 Å². The van der Waals surface area contributed by atoms with Crippen LogP contribution in [0.25, 0.3) is 11.3 Å². The SMILES string of the molecule is Cc1c(N(C(=O)c2cc(-c3cc4c(cc3C(=O)N3Cc5ccccc5C[C@H]3CN3CCCCC3)CN(C(=O)Cc3cc(F)c(OCCN5CCOCC5)cc3F)CC4)n(C)c2C)c2ccc(O)cc2)cc(C#N)n1C. The summed E-state index contributed by atoms with van der Waals surface area (Å²) in [4.78, 5) is 54.9. The number of aromatic nitrogens is 2. The monoisotopic (exact) mass is 1020 g/mol. The number of likely N-dealkylation sites (tertiary alicyclic amines) is 1. The lowest BCUT2D eigenvalue weighted by atomic mass is 9.89. The molecule has 16 heteroatoms. The van der Waals surface area contributed by atoms with Gasteiger partial charge in [0, 0.05) is 111 Å². The molecule has 10 rings (SSSR count). The van der Waals surface area contributed by atoms with Crippen molar-refractivity contribution < 1.29 is 37.7 Å². The highest BCUT2D eigenvalue weighted by atomic mass is 19.1. The summed E-state index contributed by atoms with van der Waals surface area (Å²) in [6.07, 6.45) is 4.18. The van der Waals surface area contributed by atoms with Gasteiger partial charge in [-0.15, -0.1) is 0 Å². The van der Waals surface area contributed by atoms with E-state index in [4.69, 9.17) is 9.47 Å². The number of morpholine rings is 1. The normalized spacial score (nSPS) is 17.1. The molecule has 4 aromatic carbocycles. The number of hydrogen-bond donors (Lipinski definition) is 1. The number of phenols is 1. The van der Waals surface area contributed by atoms with Crippen molar-refractivity contribution in [1.29, 1.82) is 5.26 Å². The molecule has 75 heavy (non-hydrogen) atoms. The van der Waals surface area contributed by atoms with Crippen LogP contribution in [0.5, 0.6) is 11.5 Å². The van der Waals surface area contributed by atoms with Gasteiger partial charge in [0.25, 0.3) is 11.8 Å². The van der Waals surface area contributed by atoms with Gasteiger partial charge >= 0.3 is 0 Å². The third-order valence-electron chi connectivity index (χ3n) is 15.9. The van der Waals surface area contributed by atoms with Crippen LogP contribution >= 0.6 is 0 Å². The van der Waals surface area contributed by atoms with Gasteiger partial charge in [0.05, 0.1) is 30.9 Å². The van der Waals surface area contributed by atoms with E-state index in [1.165, 1.54) is 24.1 Å². The standard InChI is InChI=1S/C59H64F2N8O6/c1-38-49(59(73)69(45-12-14-48(70)15-13-45)54-31-46(34-62)63(3)39(54)2)32-55(64(38)4)50-27-41-16-19-67(57(71)30-43-29-53(61)56(33-52(43)60)75-25-22-65-20-23-74-24-21-65)35-44(41)28-51(50)58(72)68-36-42-11-7-6-10-40(42)26-47(68)37-66-17-8-5-9-18-66/h6-7,10-15,27-29,31-33,47,70H,5,8-9,16-26,30,35-37H2,1-4H3/t47-/m0/s1. The summed E-state index contributed by atoms with van der Waals surface area (Å²) in [5, 5.41) is 20.2. The second kappa shape index (κ2) is 21.9. The second-order valence-corrected chi connectivity index (χ2v) is 20.4. The molecule has 1 atom stereocenters. The molecule has 390 valence electrons. The van der Waals surface area contributed by atoms with Crippen LogP contribution in [0.3, 0.4) is 0 Å².